The van der Waals surface area contributed by atoms with E-state index in [1.54, 1.807) is 0 Å². The molecule has 218 valence electrons. The van der Waals surface area contributed by atoms with Crippen LogP contribution < -0.4 is 37.8 Å². The summed E-state index contributed by atoms with van der Waals surface area (Å²) in [6.07, 6.45) is -2.27. The van der Waals surface area contributed by atoms with Crippen LogP contribution in [-0.4, -0.2) is 41.6 Å². The molecule has 3 aromatic carbocycles. The first kappa shape index (κ1) is 28.1. The van der Waals surface area contributed by atoms with Crippen LogP contribution in [0, 0.1) is 0 Å². The van der Waals surface area contributed by atoms with Gasteiger partial charge in [0.1, 0.15) is 0 Å². The van der Waals surface area contributed by atoms with E-state index in [-0.39, 0.29) is 50.4 Å². The molecule has 2 aromatic heterocycles. The average Bonchev–Trinajstić information content (AvgIpc) is 2.97. The molecule has 0 fully saturated rings. The number of nitrogens with zero attached hydrogens (tertiary/aromatic N) is 2. The monoisotopic (exact) mass is 591 g/mol. The van der Waals surface area contributed by atoms with Gasteiger partial charge in [-0.05, 0) is 42.5 Å². The maximum atomic E-state index is 13.5. The Bertz CT molecular complexity index is 2080. The van der Waals surface area contributed by atoms with Crippen molar-refractivity contribution in [3.05, 3.63) is 102 Å². The molecule has 1 amide bonds. The van der Waals surface area contributed by atoms with E-state index >= 15 is 0 Å². The lowest BCUT2D eigenvalue weighted by molar-refractivity contribution is 0.0999. The molecule has 0 aliphatic rings. The summed E-state index contributed by atoms with van der Waals surface area (Å²) in [5, 5.41) is -0.430. The molecule has 0 radical (unpaired) electrons. The number of aromatic nitrogens is 2. The van der Waals surface area contributed by atoms with Crippen molar-refractivity contribution in [2.45, 2.75) is 0 Å². The number of carbonyl (C=O) groups excluding carboxylic acids is 3. The molecule has 0 unspecified atom stereocenters. The lowest BCUT2D eigenvalue weighted by Gasteiger charge is -2.12. The molecule has 0 saturated carbocycles. The highest BCUT2D eigenvalue weighted by Crippen LogP contribution is 2.25. The van der Waals surface area contributed by atoms with Crippen molar-refractivity contribution >= 4 is 40.2 Å². The number of ether oxygens (including phenoxy) is 4. The number of carbonyl (C=O) groups is 3. The first-order valence-electron chi connectivity index (χ1n) is 11.9. The Morgan fingerprint density at radius 2 is 1.09 bits per heavy atom. The summed E-state index contributed by atoms with van der Waals surface area (Å²) in [7, 11) is 2.10. The first-order valence-corrected chi connectivity index (χ1v) is 11.9. The van der Waals surface area contributed by atoms with E-state index in [1.165, 1.54) is 36.4 Å². The Morgan fingerprint density at radius 3 is 1.47 bits per heavy atom. The molecule has 43 heavy (non-hydrogen) atoms. The van der Waals surface area contributed by atoms with Crippen LogP contribution >= 0.6 is 0 Å². The summed E-state index contributed by atoms with van der Waals surface area (Å²) in [5.41, 5.74) is 1.82. The number of nitrogens with two attached hydrogens (primary N) is 1. The average molecular weight is 591 g/mol. The third-order valence-corrected chi connectivity index (χ3v) is 5.99. The molecule has 5 rings (SSSR count). The van der Waals surface area contributed by atoms with Gasteiger partial charge in [-0.2, -0.15) is 0 Å². The van der Waals surface area contributed by atoms with Crippen LogP contribution in [0.4, 0.5) is 9.59 Å². The van der Waals surface area contributed by atoms with Crippen LogP contribution in [0.15, 0.2) is 82.6 Å². The number of rotatable bonds is 5. The third kappa shape index (κ3) is 4.99. The Hall–Kier alpha value is -6.45. The Labute approximate surface area is 236 Å². The summed E-state index contributed by atoms with van der Waals surface area (Å²) in [6, 6.07) is 10.9. The fourth-order valence-electron chi connectivity index (χ4n) is 4.12. The topological polar surface area (TPSA) is 219 Å². The zero-order valence-corrected chi connectivity index (χ0v) is 22.0. The fraction of sp³-hybridized carbons (Fsp3) is 0.0741. The quantitative estimate of drug-likeness (QED) is 0.227. The summed E-state index contributed by atoms with van der Waals surface area (Å²) in [5.74, 6) is -4.18. The third-order valence-electron chi connectivity index (χ3n) is 5.99. The SMILES string of the molecule is COC(=O)Oc1cccc2c(=O)n(-c3cc(C(N)=O)cc(-n4c(=O)oc5c(OC(=O)OC)cccc5c4=O)c3)c(=O)oc12. The van der Waals surface area contributed by atoms with Gasteiger partial charge >= 0.3 is 23.8 Å². The van der Waals surface area contributed by atoms with E-state index < -0.39 is 40.8 Å². The molecule has 0 spiro atoms. The largest absolute Gasteiger partial charge is 0.513 e. The van der Waals surface area contributed by atoms with Crippen LogP contribution in [0.25, 0.3) is 33.3 Å². The molecule has 0 bridgehead atoms. The van der Waals surface area contributed by atoms with Gasteiger partial charge in [-0.1, -0.05) is 12.1 Å². The lowest BCUT2D eigenvalue weighted by atomic mass is 10.1. The summed E-state index contributed by atoms with van der Waals surface area (Å²) in [4.78, 5) is 88.4. The van der Waals surface area contributed by atoms with Crippen LogP contribution in [0.2, 0.25) is 0 Å². The lowest BCUT2D eigenvalue weighted by Crippen LogP contribution is -2.33. The summed E-state index contributed by atoms with van der Waals surface area (Å²) < 4.78 is 30.3. The zero-order valence-electron chi connectivity index (χ0n) is 22.0. The Balaban J connectivity index is 1.76. The van der Waals surface area contributed by atoms with Gasteiger partial charge in [0.2, 0.25) is 5.91 Å². The molecule has 0 aliphatic carbocycles. The Kier molecular flexibility index (Phi) is 7.09. The van der Waals surface area contributed by atoms with Crippen molar-refractivity contribution in [2.24, 2.45) is 5.73 Å². The smallest absolute Gasteiger partial charge is 0.437 e. The number of fused-ring (bicyclic) bond motifs is 2. The number of benzene rings is 3. The van der Waals surface area contributed by atoms with E-state index in [9.17, 15) is 33.6 Å². The highest BCUT2D eigenvalue weighted by Gasteiger charge is 2.21. The number of primary amides is 1. The van der Waals surface area contributed by atoms with E-state index in [4.69, 9.17) is 24.0 Å². The number of hydrogen-bond acceptors (Lipinski definition) is 13. The molecule has 16 heteroatoms. The number of para-hydroxylation sites is 2. The van der Waals surface area contributed by atoms with E-state index in [0.29, 0.717) is 9.13 Å². The minimum atomic E-state index is -1.28. The van der Waals surface area contributed by atoms with Gasteiger partial charge in [-0.25, -0.2) is 28.3 Å². The van der Waals surface area contributed by atoms with Crippen molar-refractivity contribution in [3.8, 4) is 22.9 Å². The number of methoxy groups -OCH3 is 2. The second-order valence-electron chi connectivity index (χ2n) is 8.50. The molecule has 2 heterocycles. The number of amides is 1. The van der Waals surface area contributed by atoms with E-state index in [1.807, 2.05) is 0 Å². The van der Waals surface area contributed by atoms with Crippen molar-refractivity contribution in [2.75, 3.05) is 14.2 Å². The normalized spacial score (nSPS) is 10.8. The van der Waals surface area contributed by atoms with Gasteiger partial charge in [0, 0.05) is 5.56 Å². The molecule has 0 aliphatic heterocycles. The molecular formula is C27H17N3O13. The van der Waals surface area contributed by atoms with Crippen LogP contribution in [0.3, 0.4) is 0 Å². The minimum absolute atomic E-state index is 0.215. The number of hydrogen-bond donors (Lipinski definition) is 1. The predicted octanol–water partition coefficient (Wildman–Crippen LogP) is 1.59. The zero-order chi connectivity index (χ0) is 31.0. The fourth-order valence-corrected chi connectivity index (χ4v) is 4.12. The van der Waals surface area contributed by atoms with Crippen LogP contribution in [0.1, 0.15) is 10.4 Å². The highest BCUT2D eigenvalue weighted by molar-refractivity contribution is 5.94. The first-order chi connectivity index (χ1) is 20.5. The standard InChI is InChI=1S/C27H17N3O13/c1-38-26(36)40-17-7-3-5-15-19(17)42-24(34)29(22(15)32)13-9-12(21(28)31)10-14(11-13)30-23(33)16-6-4-8-18(41-27(37)39-2)20(16)43-25(30)35/h3-11H,1-2H3,(H2,28,31). The summed E-state index contributed by atoms with van der Waals surface area (Å²) in [6.45, 7) is 0. The second kappa shape index (κ2) is 10.8. The molecular weight excluding hydrogens is 574 g/mol. The second-order valence-corrected chi connectivity index (χ2v) is 8.50. The predicted molar refractivity (Wildman–Crippen MR) is 144 cm³/mol. The molecule has 2 N–H and O–H groups in total. The molecule has 0 atom stereocenters. The molecule has 16 nitrogen and oxygen atoms in total. The summed E-state index contributed by atoms with van der Waals surface area (Å²) >= 11 is 0. The van der Waals surface area contributed by atoms with Gasteiger partial charge in [0.25, 0.3) is 11.1 Å². The van der Waals surface area contributed by atoms with Crippen molar-refractivity contribution in [3.63, 3.8) is 0 Å². The van der Waals surface area contributed by atoms with Crippen LogP contribution in [0.5, 0.6) is 11.5 Å². The van der Waals surface area contributed by atoms with Crippen molar-refractivity contribution in [1.82, 2.24) is 9.13 Å². The Morgan fingerprint density at radius 1 is 0.674 bits per heavy atom. The van der Waals surface area contributed by atoms with E-state index in [2.05, 4.69) is 9.47 Å². The maximum Gasteiger partial charge on any atom is 0.513 e. The van der Waals surface area contributed by atoms with E-state index in [0.717, 1.165) is 32.4 Å². The molecule has 0 saturated heterocycles. The maximum absolute atomic E-state index is 13.5. The van der Waals surface area contributed by atoms with Gasteiger partial charge in [-0.15, -0.1) is 0 Å². The van der Waals surface area contributed by atoms with Crippen molar-refractivity contribution in [1.29, 1.82) is 0 Å². The van der Waals surface area contributed by atoms with Gasteiger partial charge in [0.05, 0.1) is 36.4 Å². The highest BCUT2D eigenvalue weighted by atomic mass is 16.7. The van der Waals surface area contributed by atoms with Crippen LogP contribution in [-0.2, 0) is 9.47 Å². The van der Waals surface area contributed by atoms with Crippen molar-refractivity contribution < 1.29 is 42.2 Å². The van der Waals surface area contributed by atoms with Gasteiger partial charge in [0.15, 0.2) is 22.7 Å². The van der Waals surface area contributed by atoms with Gasteiger partial charge in [-0.3, -0.25) is 14.4 Å². The van der Waals surface area contributed by atoms with Gasteiger partial charge < -0.3 is 33.5 Å². The minimum Gasteiger partial charge on any atom is -0.437 e. The molecule has 5 aromatic rings.